The number of hydrogen-bond acceptors (Lipinski definition) is 7. The Labute approximate surface area is 172 Å². The summed E-state index contributed by atoms with van der Waals surface area (Å²) in [7, 11) is 0. The molecule has 0 atom stereocenters. The summed E-state index contributed by atoms with van der Waals surface area (Å²) in [6.45, 7) is 1.59. The van der Waals surface area contributed by atoms with Crippen molar-refractivity contribution in [2.45, 2.75) is 45.3 Å². The molecule has 0 spiro atoms. The number of benzene rings is 1. The lowest BCUT2D eigenvalue weighted by atomic mass is 9.87. The predicted molar refractivity (Wildman–Crippen MR) is 104 cm³/mol. The van der Waals surface area contributed by atoms with Crippen molar-refractivity contribution in [1.82, 2.24) is 20.5 Å². The van der Waals surface area contributed by atoms with Crippen molar-refractivity contribution in [3.63, 3.8) is 0 Å². The second-order valence-corrected chi connectivity index (χ2v) is 7.29. The van der Waals surface area contributed by atoms with E-state index in [0.29, 0.717) is 37.1 Å². The van der Waals surface area contributed by atoms with Crippen molar-refractivity contribution in [1.29, 1.82) is 0 Å². The number of nitrogens with zero attached hydrogens (tertiary/aromatic N) is 3. The molecular weight excluding hydrogens is 401 g/mol. The van der Waals surface area contributed by atoms with E-state index in [4.69, 9.17) is 16.3 Å². The third-order valence-corrected chi connectivity index (χ3v) is 4.77. The van der Waals surface area contributed by atoms with Gasteiger partial charge in [0, 0.05) is 23.6 Å². The Morgan fingerprint density at radius 1 is 1.21 bits per heavy atom. The summed E-state index contributed by atoms with van der Waals surface area (Å²) in [5, 5.41) is 13.8. The van der Waals surface area contributed by atoms with Crippen LogP contribution in [0.25, 0.3) is 0 Å². The first kappa shape index (κ1) is 20.9. The van der Waals surface area contributed by atoms with Crippen LogP contribution in [0.1, 0.15) is 38.3 Å². The molecule has 3 rings (SSSR count). The normalized spacial score (nSPS) is 18.7. The van der Waals surface area contributed by atoms with E-state index >= 15 is 0 Å². The molecule has 1 amide bonds. The summed E-state index contributed by atoms with van der Waals surface area (Å²) in [5.74, 6) is -0.756. The molecule has 0 unspecified atom stereocenters. The first-order valence-corrected chi connectivity index (χ1v) is 9.63. The maximum atomic E-state index is 13.4. The quantitative estimate of drug-likeness (QED) is 0.690. The fraction of sp³-hybridized carbons (Fsp3) is 0.421. The lowest BCUT2D eigenvalue weighted by Crippen LogP contribution is -2.35. The fourth-order valence-electron chi connectivity index (χ4n) is 3.19. The second-order valence-electron chi connectivity index (χ2n) is 6.86. The molecule has 0 radical (unpaired) electrons. The van der Waals surface area contributed by atoms with Crippen molar-refractivity contribution < 1.29 is 18.7 Å². The van der Waals surface area contributed by atoms with E-state index in [1.165, 1.54) is 31.3 Å². The van der Waals surface area contributed by atoms with Crippen LogP contribution in [-0.4, -0.2) is 33.2 Å². The van der Waals surface area contributed by atoms with Gasteiger partial charge in [0.05, 0.1) is 12.7 Å². The highest BCUT2D eigenvalue weighted by Gasteiger charge is 2.27. The predicted octanol–water partition coefficient (Wildman–Crippen LogP) is 3.15. The molecule has 29 heavy (non-hydrogen) atoms. The number of carbonyl (C=O) groups is 2. The molecule has 1 aliphatic rings. The minimum absolute atomic E-state index is 0.0651. The van der Waals surface area contributed by atoms with Gasteiger partial charge in [0.25, 0.3) is 0 Å². The monoisotopic (exact) mass is 421 g/mol. The number of aromatic nitrogens is 3. The molecule has 2 aromatic rings. The van der Waals surface area contributed by atoms with Crippen molar-refractivity contribution in [3.05, 3.63) is 40.9 Å². The van der Waals surface area contributed by atoms with Gasteiger partial charge in [-0.3, -0.25) is 9.59 Å². The van der Waals surface area contributed by atoms with E-state index in [1.807, 2.05) is 0 Å². The largest absolute Gasteiger partial charge is 0.463 e. The molecule has 1 heterocycles. The van der Waals surface area contributed by atoms with Crippen LogP contribution in [0.4, 0.5) is 16.0 Å². The Morgan fingerprint density at radius 2 is 1.97 bits per heavy atom. The lowest BCUT2D eigenvalue weighted by Gasteiger charge is -2.27. The third kappa shape index (κ3) is 6.35. The van der Waals surface area contributed by atoms with Gasteiger partial charge in [0.15, 0.2) is 0 Å². The van der Waals surface area contributed by atoms with Crippen LogP contribution >= 0.6 is 11.6 Å². The Balaban J connectivity index is 1.46. The molecule has 1 saturated carbocycles. The Bertz CT molecular complexity index is 852. The van der Waals surface area contributed by atoms with Crippen molar-refractivity contribution in [2.75, 3.05) is 5.32 Å². The highest BCUT2D eigenvalue weighted by molar-refractivity contribution is 6.30. The third-order valence-electron chi connectivity index (χ3n) is 4.55. The number of ether oxygens (including phenoxy) is 1. The summed E-state index contributed by atoms with van der Waals surface area (Å²) in [5.41, 5.74) is 0.900. The van der Waals surface area contributed by atoms with Crippen LogP contribution in [0.2, 0.25) is 5.02 Å². The molecule has 1 aromatic heterocycles. The van der Waals surface area contributed by atoms with E-state index in [9.17, 15) is 14.0 Å². The fourth-order valence-corrected chi connectivity index (χ4v) is 3.41. The average Bonchev–Trinajstić information content (AvgIpc) is 2.66. The minimum Gasteiger partial charge on any atom is -0.463 e. The first-order chi connectivity index (χ1) is 13.9. The van der Waals surface area contributed by atoms with Gasteiger partial charge < -0.3 is 15.4 Å². The van der Waals surface area contributed by atoms with Gasteiger partial charge in [-0.25, -0.2) is 9.37 Å². The smallest absolute Gasteiger partial charge is 0.302 e. The number of esters is 1. The zero-order valence-corrected chi connectivity index (χ0v) is 16.6. The zero-order chi connectivity index (χ0) is 20.8. The molecule has 10 heteroatoms. The zero-order valence-electron chi connectivity index (χ0n) is 15.8. The standard InChI is InChI=1S/C19H21ClFN5O3/c1-11(27)29-17-4-2-12(3-5-17)18(28)22-9-16-10-23-19(26-25-16)24-15-7-13(20)6-14(21)8-15/h6-8,10,12,17H,2-5,9H2,1H3,(H,22,28)(H,23,24,26)/t12-,17-. The molecule has 1 fully saturated rings. The van der Waals surface area contributed by atoms with Crippen LogP contribution in [0, 0.1) is 11.7 Å². The maximum absolute atomic E-state index is 13.4. The Hall–Kier alpha value is -2.81. The molecular formula is C19H21ClFN5O3. The topological polar surface area (TPSA) is 106 Å². The van der Waals surface area contributed by atoms with E-state index in [2.05, 4.69) is 25.8 Å². The Kier molecular flexibility index (Phi) is 6.92. The molecule has 0 saturated heterocycles. The number of hydrogen-bond donors (Lipinski definition) is 2. The van der Waals surface area contributed by atoms with Crippen molar-refractivity contribution in [3.8, 4) is 0 Å². The van der Waals surface area contributed by atoms with Gasteiger partial charge in [0.1, 0.15) is 17.6 Å². The van der Waals surface area contributed by atoms with E-state index in [-0.39, 0.29) is 41.4 Å². The summed E-state index contributed by atoms with van der Waals surface area (Å²) in [6, 6.07) is 4.00. The van der Waals surface area contributed by atoms with Crippen LogP contribution < -0.4 is 10.6 Å². The number of carbonyl (C=O) groups excluding carboxylic acids is 2. The van der Waals surface area contributed by atoms with E-state index in [0.717, 1.165) is 0 Å². The molecule has 0 aliphatic heterocycles. The van der Waals surface area contributed by atoms with Gasteiger partial charge in [0.2, 0.25) is 11.9 Å². The van der Waals surface area contributed by atoms with Crippen LogP contribution in [-0.2, 0) is 20.9 Å². The number of rotatable bonds is 6. The van der Waals surface area contributed by atoms with E-state index < -0.39 is 5.82 Å². The SMILES string of the molecule is CC(=O)O[C@H]1CC[C@H](C(=O)NCc2cnc(Nc3cc(F)cc(Cl)c3)nn2)CC1. The van der Waals surface area contributed by atoms with Gasteiger partial charge in [-0.05, 0) is 43.9 Å². The average molecular weight is 422 g/mol. The second kappa shape index (κ2) is 9.60. The molecule has 0 bridgehead atoms. The van der Waals surface area contributed by atoms with Gasteiger partial charge >= 0.3 is 5.97 Å². The summed E-state index contributed by atoms with van der Waals surface area (Å²) < 4.78 is 18.5. The summed E-state index contributed by atoms with van der Waals surface area (Å²) in [4.78, 5) is 27.4. The maximum Gasteiger partial charge on any atom is 0.302 e. The van der Waals surface area contributed by atoms with Gasteiger partial charge in [-0.1, -0.05) is 11.6 Å². The molecule has 1 aromatic carbocycles. The van der Waals surface area contributed by atoms with Crippen molar-refractivity contribution in [2.24, 2.45) is 5.92 Å². The number of halogens is 2. The highest BCUT2D eigenvalue weighted by atomic mass is 35.5. The minimum atomic E-state index is -0.478. The van der Waals surface area contributed by atoms with Crippen LogP contribution in [0.5, 0.6) is 0 Å². The van der Waals surface area contributed by atoms with Crippen LogP contribution in [0.3, 0.4) is 0 Å². The lowest BCUT2D eigenvalue weighted by molar-refractivity contribution is -0.148. The number of anilines is 2. The molecule has 8 nitrogen and oxygen atoms in total. The number of amides is 1. The molecule has 2 N–H and O–H groups in total. The van der Waals surface area contributed by atoms with Crippen molar-refractivity contribution >= 4 is 35.1 Å². The first-order valence-electron chi connectivity index (χ1n) is 9.25. The van der Waals surface area contributed by atoms with Crippen LogP contribution in [0.15, 0.2) is 24.4 Å². The summed E-state index contributed by atoms with van der Waals surface area (Å²) in [6.07, 6.45) is 4.10. The summed E-state index contributed by atoms with van der Waals surface area (Å²) >= 11 is 5.81. The Morgan fingerprint density at radius 3 is 2.59 bits per heavy atom. The molecule has 1 aliphatic carbocycles. The highest BCUT2D eigenvalue weighted by Crippen LogP contribution is 2.26. The van der Waals surface area contributed by atoms with Gasteiger partial charge in [-0.15, -0.1) is 10.2 Å². The number of nitrogens with one attached hydrogen (secondary N) is 2. The molecule has 154 valence electrons. The van der Waals surface area contributed by atoms with E-state index in [1.54, 1.807) is 0 Å². The van der Waals surface area contributed by atoms with Gasteiger partial charge in [-0.2, -0.15) is 0 Å².